The van der Waals surface area contributed by atoms with Gasteiger partial charge in [-0.25, -0.2) is 0 Å². The summed E-state index contributed by atoms with van der Waals surface area (Å²) in [6.07, 6.45) is 7.89. The Balaban J connectivity index is 1.63. The average molecular weight is 378 g/mol. The number of hydrogen-bond acceptors (Lipinski definition) is 5. The first kappa shape index (κ1) is 19.0. The first-order chi connectivity index (χ1) is 12.8. The molecule has 0 saturated heterocycles. The number of aromatic nitrogens is 4. The van der Waals surface area contributed by atoms with Gasteiger partial charge in [0.05, 0.1) is 25.0 Å². The van der Waals surface area contributed by atoms with Gasteiger partial charge in [0.1, 0.15) is 5.69 Å². The third-order valence-electron chi connectivity index (χ3n) is 4.79. The van der Waals surface area contributed by atoms with Gasteiger partial charge in [-0.2, -0.15) is 22.8 Å². The average Bonchev–Trinajstić information content (AvgIpc) is 3.26. The number of hydrogen-bond donors (Lipinski definition) is 3. The predicted molar refractivity (Wildman–Crippen MR) is 104 cm³/mol. The summed E-state index contributed by atoms with van der Waals surface area (Å²) < 4.78 is 7.11. The van der Waals surface area contributed by atoms with Crippen molar-refractivity contribution in [3.8, 4) is 11.3 Å². The Bertz CT molecular complexity index is 740. The predicted octanol–water partition coefficient (Wildman–Crippen LogP) is 2.24. The van der Waals surface area contributed by atoms with Crippen LogP contribution in [0.5, 0.6) is 0 Å². The van der Waals surface area contributed by atoms with Crippen molar-refractivity contribution in [1.29, 1.82) is 0 Å². The number of unbranched alkanes of at least 4 members (excludes halogenated alkanes) is 3. The van der Waals surface area contributed by atoms with E-state index in [2.05, 4.69) is 33.2 Å². The van der Waals surface area contributed by atoms with Crippen LogP contribution in [0, 0.1) is 0 Å². The van der Waals surface area contributed by atoms with Crippen molar-refractivity contribution in [2.45, 2.75) is 45.1 Å². The van der Waals surface area contributed by atoms with E-state index in [1.807, 2.05) is 10.9 Å². The van der Waals surface area contributed by atoms with Crippen LogP contribution in [0.4, 0.5) is 0 Å². The summed E-state index contributed by atoms with van der Waals surface area (Å²) in [5.41, 5.74) is 4.62. The van der Waals surface area contributed by atoms with Crippen molar-refractivity contribution < 1.29 is 9.53 Å². The molecular weight excluding hydrogens is 350 g/mol. The Hall–Kier alpha value is -1.80. The van der Waals surface area contributed by atoms with Crippen LogP contribution in [0.1, 0.15) is 47.4 Å². The molecule has 2 N–H and O–H groups in total. The Labute approximate surface area is 159 Å². The fraction of sp³-hybridized carbons (Fsp3) is 0.611. The van der Waals surface area contributed by atoms with Crippen molar-refractivity contribution in [2.75, 3.05) is 26.0 Å². The van der Waals surface area contributed by atoms with E-state index in [4.69, 9.17) is 4.74 Å². The maximum atomic E-state index is 12.5. The van der Waals surface area contributed by atoms with Crippen LogP contribution in [0.25, 0.3) is 11.3 Å². The van der Waals surface area contributed by atoms with E-state index in [9.17, 15) is 4.79 Å². The second-order valence-corrected chi connectivity index (χ2v) is 6.99. The zero-order chi connectivity index (χ0) is 18.4. The zero-order valence-corrected chi connectivity index (χ0v) is 16.1. The van der Waals surface area contributed by atoms with E-state index in [-0.39, 0.29) is 5.91 Å². The van der Waals surface area contributed by atoms with Gasteiger partial charge in [-0.1, -0.05) is 12.8 Å². The number of fused-ring (bicyclic) bond motifs is 3. The third-order valence-corrected chi connectivity index (χ3v) is 5.10. The number of nitrogens with zero attached hydrogens (tertiary/aromatic N) is 3. The van der Waals surface area contributed by atoms with Crippen LogP contribution in [-0.2, 0) is 24.1 Å². The van der Waals surface area contributed by atoms with Crippen molar-refractivity contribution >= 4 is 18.5 Å². The lowest BCUT2D eigenvalue weighted by Crippen LogP contribution is -2.26. The molecule has 0 unspecified atom stereocenters. The molecule has 0 fully saturated rings. The number of H-pyrrole nitrogens is 1. The Kier molecular flexibility index (Phi) is 6.73. The van der Waals surface area contributed by atoms with E-state index < -0.39 is 0 Å². The number of thiol groups is 1. The zero-order valence-electron chi connectivity index (χ0n) is 15.3. The van der Waals surface area contributed by atoms with Crippen LogP contribution in [0.15, 0.2) is 6.20 Å². The molecule has 3 rings (SSSR count). The van der Waals surface area contributed by atoms with Gasteiger partial charge in [0, 0.05) is 30.5 Å². The van der Waals surface area contributed by atoms with Crippen LogP contribution < -0.4 is 5.32 Å². The molecular formula is C18H27N5O2S. The highest BCUT2D eigenvalue weighted by molar-refractivity contribution is 7.80. The Morgan fingerprint density at radius 3 is 3.00 bits per heavy atom. The second kappa shape index (κ2) is 9.23. The summed E-state index contributed by atoms with van der Waals surface area (Å²) in [4.78, 5) is 12.5. The van der Waals surface area contributed by atoms with Gasteiger partial charge in [0.15, 0.2) is 0 Å². The minimum Gasteiger partial charge on any atom is -0.383 e. The quantitative estimate of drug-likeness (QED) is 0.438. The monoisotopic (exact) mass is 377 g/mol. The summed E-state index contributed by atoms with van der Waals surface area (Å²) in [5, 5.41) is 14.8. The summed E-state index contributed by atoms with van der Waals surface area (Å²) >= 11 is 4.21. The molecule has 26 heavy (non-hydrogen) atoms. The summed E-state index contributed by atoms with van der Waals surface area (Å²) in [7, 11) is 1.69. The fourth-order valence-electron chi connectivity index (χ4n) is 3.39. The lowest BCUT2D eigenvalue weighted by atomic mass is 9.93. The SMILES string of the molecule is COCCn1ncc2c1CCc1c-2n[nH]c1C(=O)NCCCCCCS. The molecule has 1 aliphatic rings. The van der Waals surface area contributed by atoms with Crippen molar-refractivity contribution in [2.24, 2.45) is 0 Å². The van der Waals surface area contributed by atoms with Gasteiger partial charge in [-0.15, -0.1) is 0 Å². The maximum absolute atomic E-state index is 12.5. The normalized spacial score (nSPS) is 12.7. The van der Waals surface area contributed by atoms with Crippen LogP contribution >= 0.6 is 12.6 Å². The molecule has 0 radical (unpaired) electrons. The molecule has 2 aromatic heterocycles. The molecule has 7 nitrogen and oxygen atoms in total. The molecule has 0 spiro atoms. The molecule has 0 aromatic carbocycles. The Morgan fingerprint density at radius 2 is 2.19 bits per heavy atom. The minimum absolute atomic E-state index is 0.0665. The smallest absolute Gasteiger partial charge is 0.269 e. The highest BCUT2D eigenvalue weighted by Gasteiger charge is 2.27. The molecule has 8 heteroatoms. The molecule has 2 heterocycles. The van der Waals surface area contributed by atoms with Gasteiger partial charge in [-0.05, 0) is 31.4 Å². The minimum atomic E-state index is -0.0665. The molecule has 0 saturated carbocycles. The molecule has 2 aromatic rings. The van der Waals surface area contributed by atoms with E-state index in [0.717, 1.165) is 73.3 Å². The molecule has 1 amide bonds. The lowest BCUT2D eigenvalue weighted by Gasteiger charge is -2.14. The van der Waals surface area contributed by atoms with Crippen LogP contribution in [0.3, 0.4) is 0 Å². The van der Waals surface area contributed by atoms with Gasteiger partial charge < -0.3 is 10.1 Å². The van der Waals surface area contributed by atoms with Crippen molar-refractivity contribution in [3.63, 3.8) is 0 Å². The van der Waals surface area contributed by atoms with E-state index >= 15 is 0 Å². The highest BCUT2D eigenvalue weighted by Crippen LogP contribution is 2.33. The molecule has 0 atom stereocenters. The third kappa shape index (κ3) is 4.12. The van der Waals surface area contributed by atoms with Gasteiger partial charge in [0.25, 0.3) is 5.91 Å². The van der Waals surface area contributed by atoms with E-state index in [1.165, 1.54) is 0 Å². The largest absolute Gasteiger partial charge is 0.383 e. The van der Waals surface area contributed by atoms with Crippen molar-refractivity contribution in [1.82, 2.24) is 25.3 Å². The summed E-state index contributed by atoms with van der Waals surface area (Å²) in [6, 6.07) is 0. The maximum Gasteiger partial charge on any atom is 0.269 e. The number of amides is 1. The number of methoxy groups -OCH3 is 1. The number of nitrogens with one attached hydrogen (secondary N) is 2. The van der Waals surface area contributed by atoms with E-state index in [1.54, 1.807) is 7.11 Å². The molecule has 1 aliphatic carbocycles. The van der Waals surface area contributed by atoms with Crippen molar-refractivity contribution in [3.05, 3.63) is 23.1 Å². The molecule has 0 bridgehead atoms. The van der Waals surface area contributed by atoms with Gasteiger partial charge in [0.2, 0.25) is 0 Å². The molecule has 142 valence electrons. The highest BCUT2D eigenvalue weighted by atomic mass is 32.1. The Morgan fingerprint density at radius 1 is 1.35 bits per heavy atom. The summed E-state index contributed by atoms with van der Waals surface area (Å²) in [5.74, 6) is 0.861. The summed E-state index contributed by atoms with van der Waals surface area (Å²) in [6.45, 7) is 2.05. The fourth-order valence-corrected chi connectivity index (χ4v) is 3.61. The number of rotatable bonds is 10. The first-order valence-electron chi connectivity index (χ1n) is 9.26. The lowest BCUT2D eigenvalue weighted by molar-refractivity contribution is 0.0947. The standard InChI is InChI=1S/C18H27N5O2S/c1-25-10-9-23-15-7-6-13-16(14(15)12-20-23)21-22-17(13)18(24)19-8-4-2-3-5-11-26/h12,26H,2-11H2,1H3,(H,19,24)(H,21,22). The topological polar surface area (TPSA) is 84.8 Å². The second-order valence-electron chi connectivity index (χ2n) is 6.54. The van der Waals surface area contributed by atoms with Crippen LogP contribution in [-0.4, -0.2) is 51.9 Å². The van der Waals surface area contributed by atoms with Crippen LogP contribution in [0.2, 0.25) is 0 Å². The number of aromatic amines is 1. The van der Waals surface area contributed by atoms with Gasteiger partial charge >= 0.3 is 0 Å². The number of carbonyl (C=O) groups excluding carboxylic acids is 1. The van der Waals surface area contributed by atoms with E-state index in [0.29, 0.717) is 18.8 Å². The number of carbonyl (C=O) groups is 1. The number of ether oxygens (including phenoxy) is 1. The molecule has 0 aliphatic heterocycles. The van der Waals surface area contributed by atoms with Gasteiger partial charge in [-0.3, -0.25) is 14.6 Å². The first-order valence-corrected chi connectivity index (χ1v) is 9.89.